The zero-order valence-corrected chi connectivity index (χ0v) is 10.6. The third-order valence-electron chi connectivity index (χ3n) is 3.15. The Balaban J connectivity index is 1.98. The Bertz CT molecular complexity index is 449. The normalized spacial score (nSPS) is 20.3. The summed E-state index contributed by atoms with van der Waals surface area (Å²) >= 11 is 0. The molecule has 96 valence electrons. The lowest BCUT2D eigenvalue weighted by molar-refractivity contribution is 0.0264. The third kappa shape index (κ3) is 3.05. The third-order valence-corrected chi connectivity index (χ3v) is 4.48. The molecule has 17 heavy (non-hydrogen) atoms. The lowest BCUT2D eigenvalue weighted by atomic mass is 9.83. The first-order valence-corrected chi connectivity index (χ1v) is 7.07. The van der Waals surface area contributed by atoms with Crippen molar-refractivity contribution in [1.29, 1.82) is 0 Å². The summed E-state index contributed by atoms with van der Waals surface area (Å²) in [6.45, 7) is 3.90. The van der Waals surface area contributed by atoms with Gasteiger partial charge in [0.25, 0.3) is 10.0 Å². The van der Waals surface area contributed by atoms with Crippen LogP contribution in [0, 0.1) is 5.41 Å². The summed E-state index contributed by atoms with van der Waals surface area (Å²) in [5, 5.41) is 6.19. The summed E-state index contributed by atoms with van der Waals surface area (Å²) in [4.78, 5) is 0. The zero-order valence-electron chi connectivity index (χ0n) is 9.77. The molecule has 2 heterocycles. The number of hydrogen-bond donors (Lipinski definition) is 2. The van der Waals surface area contributed by atoms with Crippen LogP contribution >= 0.6 is 0 Å². The van der Waals surface area contributed by atoms with Crippen LogP contribution in [0.3, 0.4) is 0 Å². The fourth-order valence-electron chi connectivity index (χ4n) is 1.78. The quantitative estimate of drug-likeness (QED) is 0.825. The van der Waals surface area contributed by atoms with E-state index in [0.29, 0.717) is 19.8 Å². The molecular weight excluding hydrogens is 242 g/mol. The van der Waals surface area contributed by atoms with Crippen LogP contribution < -0.4 is 4.72 Å². The molecule has 1 aromatic rings. The minimum atomic E-state index is -3.46. The molecule has 0 bridgehead atoms. The van der Waals surface area contributed by atoms with E-state index in [0.717, 1.165) is 12.8 Å². The van der Waals surface area contributed by atoms with Crippen LogP contribution in [0.4, 0.5) is 0 Å². The Morgan fingerprint density at radius 2 is 2.24 bits per heavy atom. The molecule has 0 aromatic carbocycles. The molecule has 0 spiro atoms. The summed E-state index contributed by atoms with van der Waals surface area (Å²) in [5.74, 6) is 0. The van der Waals surface area contributed by atoms with Crippen molar-refractivity contribution in [2.75, 3.05) is 19.8 Å². The maximum atomic E-state index is 11.9. The second-order valence-electron chi connectivity index (χ2n) is 4.67. The Labute approximate surface area is 101 Å². The predicted molar refractivity (Wildman–Crippen MR) is 61.9 cm³/mol. The van der Waals surface area contributed by atoms with Crippen LogP contribution in [0.25, 0.3) is 0 Å². The van der Waals surface area contributed by atoms with E-state index in [9.17, 15) is 8.42 Å². The number of sulfonamides is 1. The number of nitrogens with zero attached hydrogens (tertiary/aromatic N) is 1. The highest BCUT2D eigenvalue weighted by atomic mass is 32.2. The van der Waals surface area contributed by atoms with Gasteiger partial charge in [-0.1, -0.05) is 6.92 Å². The minimum Gasteiger partial charge on any atom is -0.381 e. The predicted octanol–water partition coefficient (Wildman–Crippen LogP) is 0.505. The van der Waals surface area contributed by atoms with Gasteiger partial charge in [-0.05, 0) is 24.3 Å². The van der Waals surface area contributed by atoms with Crippen LogP contribution in [0.5, 0.6) is 0 Å². The second kappa shape index (κ2) is 4.75. The van der Waals surface area contributed by atoms with E-state index >= 15 is 0 Å². The summed E-state index contributed by atoms with van der Waals surface area (Å²) in [5.41, 5.74) is -0.0225. The van der Waals surface area contributed by atoms with Gasteiger partial charge in [-0.15, -0.1) is 0 Å². The second-order valence-corrected chi connectivity index (χ2v) is 6.40. The molecule has 1 aromatic heterocycles. The average molecular weight is 259 g/mol. The van der Waals surface area contributed by atoms with E-state index < -0.39 is 10.0 Å². The molecule has 1 aliphatic heterocycles. The molecule has 2 rings (SSSR count). The van der Waals surface area contributed by atoms with Crippen molar-refractivity contribution in [2.45, 2.75) is 24.8 Å². The van der Waals surface area contributed by atoms with Gasteiger partial charge in [-0.2, -0.15) is 5.10 Å². The lowest BCUT2D eigenvalue weighted by Crippen LogP contribution is -2.39. The van der Waals surface area contributed by atoms with Gasteiger partial charge in [-0.3, -0.25) is 5.10 Å². The number of H-pyrrole nitrogens is 1. The number of hydrogen-bond acceptors (Lipinski definition) is 4. The molecular formula is C10H17N3O3S. The standard InChI is InChI=1S/C10H17N3O3S/c1-10(3-6-16-7-4-10)8-12-17(14,15)9-2-5-11-13-9/h2,5,12H,3-4,6-8H2,1H3,(H,11,13). The van der Waals surface area contributed by atoms with Crippen LogP contribution in [0.2, 0.25) is 0 Å². The van der Waals surface area contributed by atoms with E-state index in [4.69, 9.17) is 4.74 Å². The first kappa shape index (κ1) is 12.5. The van der Waals surface area contributed by atoms with Crippen molar-refractivity contribution in [2.24, 2.45) is 5.41 Å². The lowest BCUT2D eigenvalue weighted by Gasteiger charge is -2.33. The highest BCUT2D eigenvalue weighted by Crippen LogP contribution is 2.29. The molecule has 0 radical (unpaired) electrons. The smallest absolute Gasteiger partial charge is 0.257 e. The van der Waals surface area contributed by atoms with Gasteiger partial charge < -0.3 is 4.74 Å². The molecule has 0 saturated carbocycles. The first-order chi connectivity index (χ1) is 8.02. The summed E-state index contributed by atoms with van der Waals surface area (Å²) in [7, 11) is -3.46. The van der Waals surface area contributed by atoms with Gasteiger partial charge >= 0.3 is 0 Å². The van der Waals surface area contributed by atoms with E-state index in [1.807, 2.05) is 0 Å². The van der Waals surface area contributed by atoms with Crippen molar-refractivity contribution < 1.29 is 13.2 Å². The molecule has 7 heteroatoms. The molecule has 1 aliphatic rings. The number of aromatic amines is 1. The SMILES string of the molecule is CC1(CNS(=O)(=O)c2ccn[nH]2)CCOCC1. The maximum Gasteiger partial charge on any atom is 0.257 e. The number of aromatic nitrogens is 2. The fourth-order valence-corrected chi connectivity index (χ4v) is 2.89. The topological polar surface area (TPSA) is 84.1 Å². The Hall–Kier alpha value is -0.920. The van der Waals surface area contributed by atoms with Crippen molar-refractivity contribution in [3.8, 4) is 0 Å². The van der Waals surface area contributed by atoms with Gasteiger partial charge in [0.1, 0.15) is 0 Å². The Morgan fingerprint density at radius 1 is 1.53 bits per heavy atom. The zero-order chi connectivity index (χ0) is 12.4. The van der Waals surface area contributed by atoms with E-state index in [-0.39, 0.29) is 10.4 Å². The fraction of sp³-hybridized carbons (Fsp3) is 0.700. The number of nitrogens with one attached hydrogen (secondary N) is 2. The van der Waals surface area contributed by atoms with Crippen LogP contribution in [0.15, 0.2) is 17.3 Å². The van der Waals surface area contributed by atoms with Gasteiger partial charge in [0.05, 0.1) is 6.20 Å². The largest absolute Gasteiger partial charge is 0.381 e. The van der Waals surface area contributed by atoms with Gasteiger partial charge in [-0.25, -0.2) is 13.1 Å². The summed E-state index contributed by atoms with van der Waals surface area (Å²) in [6, 6.07) is 1.44. The van der Waals surface area contributed by atoms with Gasteiger partial charge in [0.2, 0.25) is 0 Å². The molecule has 0 unspecified atom stereocenters. The van der Waals surface area contributed by atoms with E-state index in [1.165, 1.54) is 12.3 Å². The molecule has 2 N–H and O–H groups in total. The van der Waals surface area contributed by atoms with Crippen LogP contribution in [-0.2, 0) is 14.8 Å². The Kier molecular flexibility index (Phi) is 3.50. The maximum absolute atomic E-state index is 11.9. The Morgan fingerprint density at radius 3 is 2.82 bits per heavy atom. The molecule has 6 nitrogen and oxygen atoms in total. The highest BCUT2D eigenvalue weighted by molar-refractivity contribution is 7.89. The van der Waals surface area contributed by atoms with E-state index in [1.54, 1.807) is 0 Å². The van der Waals surface area contributed by atoms with Gasteiger partial charge in [0, 0.05) is 19.8 Å². The van der Waals surface area contributed by atoms with Crippen LogP contribution in [0.1, 0.15) is 19.8 Å². The first-order valence-electron chi connectivity index (χ1n) is 5.59. The number of rotatable bonds is 4. The van der Waals surface area contributed by atoms with Crippen molar-refractivity contribution >= 4 is 10.0 Å². The van der Waals surface area contributed by atoms with Crippen molar-refractivity contribution in [3.63, 3.8) is 0 Å². The van der Waals surface area contributed by atoms with Gasteiger partial charge in [0.15, 0.2) is 5.03 Å². The molecule has 0 aliphatic carbocycles. The van der Waals surface area contributed by atoms with Crippen LogP contribution in [-0.4, -0.2) is 38.4 Å². The summed E-state index contributed by atoms with van der Waals surface area (Å²) < 4.78 is 31.6. The highest BCUT2D eigenvalue weighted by Gasteiger charge is 2.29. The van der Waals surface area contributed by atoms with Crippen molar-refractivity contribution in [1.82, 2.24) is 14.9 Å². The molecule has 1 fully saturated rings. The van der Waals surface area contributed by atoms with Crippen molar-refractivity contribution in [3.05, 3.63) is 12.3 Å². The number of ether oxygens (including phenoxy) is 1. The average Bonchev–Trinajstić information content (AvgIpc) is 2.82. The molecule has 0 atom stereocenters. The minimum absolute atomic E-state index is 0.0225. The van der Waals surface area contributed by atoms with E-state index in [2.05, 4.69) is 21.8 Å². The monoisotopic (exact) mass is 259 g/mol. The molecule has 1 saturated heterocycles. The summed E-state index contributed by atoms with van der Waals surface area (Å²) in [6.07, 6.45) is 3.17. The molecule has 0 amide bonds.